The van der Waals surface area contributed by atoms with E-state index in [4.69, 9.17) is 0 Å². The summed E-state index contributed by atoms with van der Waals surface area (Å²) in [6.07, 6.45) is 0.613. The Balaban J connectivity index is 2.38. The molecule has 0 spiro atoms. The van der Waals surface area contributed by atoms with Crippen LogP contribution in [0.2, 0.25) is 0 Å². The second-order valence-electron chi connectivity index (χ2n) is 3.86. The van der Waals surface area contributed by atoms with Crippen molar-refractivity contribution in [2.45, 2.75) is 25.9 Å². The van der Waals surface area contributed by atoms with Crippen molar-refractivity contribution >= 4 is 11.7 Å². The van der Waals surface area contributed by atoms with Crippen molar-refractivity contribution in [3.8, 4) is 0 Å². The van der Waals surface area contributed by atoms with Crippen LogP contribution < -0.4 is 10.6 Å². The number of nitrogens with one attached hydrogen (secondary N) is 2. The van der Waals surface area contributed by atoms with Crippen LogP contribution in [0.15, 0.2) is 18.2 Å². The second kappa shape index (κ2) is 6.90. The Morgan fingerprint density at radius 3 is 2.72 bits per heavy atom. The van der Waals surface area contributed by atoms with Gasteiger partial charge < -0.3 is 15.7 Å². The summed E-state index contributed by atoms with van der Waals surface area (Å²) in [6.45, 7) is 2.15. The standard InChI is InChI=1S/C12H16F2N2O2/c1-2-9(17)5-6-15-12(18)16-8-3-4-10(13)11(14)7-8/h3-4,7,9,17H,2,5-6H2,1H3,(H2,15,16,18). The van der Waals surface area contributed by atoms with Crippen LogP contribution in [0, 0.1) is 11.6 Å². The third-order valence-electron chi connectivity index (χ3n) is 2.41. The van der Waals surface area contributed by atoms with Crippen molar-refractivity contribution < 1.29 is 18.7 Å². The first-order valence-corrected chi connectivity index (χ1v) is 5.71. The lowest BCUT2D eigenvalue weighted by Crippen LogP contribution is -2.31. The Morgan fingerprint density at radius 1 is 1.39 bits per heavy atom. The van der Waals surface area contributed by atoms with Gasteiger partial charge in [-0.25, -0.2) is 13.6 Å². The average molecular weight is 258 g/mol. The average Bonchev–Trinajstić information content (AvgIpc) is 2.33. The summed E-state index contributed by atoms with van der Waals surface area (Å²) in [4.78, 5) is 11.4. The number of amides is 2. The van der Waals surface area contributed by atoms with Crippen LogP contribution in [0.4, 0.5) is 19.3 Å². The monoisotopic (exact) mass is 258 g/mol. The summed E-state index contributed by atoms with van der Waals surface area (Å²) >= 11 is 0. The Labute approximate surface area is 104 Å². The molecule has 100 valence electrons. The molecular weight excluding hydrogens is 242 g/mol. The van der Waals surface area contributed by atoms with E-state index in [1.807, 2.05) is 6.92 Å². The molecule has 4 nitrogen and oxygen atoms in total. The normalized spacial score (nSPS) is 12.0. The molecule has 1 unspecified atom stereocenters. The van der Waals surface area contributed by atoms with Crippen molar-refractivity contribution in [3.05, 3.63) is 29.8 Å². The molecule has 0 heterocycles. The number of aliphatic hydroxyl groups excluding tert-OH is 1. The first-order valence-electron chi connectivity index (χ1n) is 5.71. The minimum Gasteiger partial charge on any atom is -0.393 e. The van der Waals surface area contributed by atoms with Crippen LogP contribution in [0.25, 0.3) is 0 Å². The summed E-state index contributed by atoms with van der Waals surface area (Å²) < 4.78 is 25.5. The van der Waals surface area contributed by atoms with E-state index in [1.165, 1.54) is 6.07 Å². The number of aliphatic hydroxyl groups is 1. The predicted molar refractivity (Wildman–Crippen MR) is 64.3 cm³/mol. The maximum atomic E-state index is 12.9. The lowest BCUT2D eigenvalue weighted by molar-refractivity contribution is 0.160. The molecule has 1 atom stereocenters. The van der Waals surface area contributed by atoms with Gasteiger partial charge in [-0.2, -0.15) is 0 Å². The molecule has 6 heteroatoms. The fourth-order valence-corrected chi connectivity index (χ4v) is 1.31. The van der Waals surface area contributed by atoms with Gasteiger partial charge in [-0.15, -0.1) is 0 Å². The molecule has 0 aromatic heterocycles. The van der Waals surface area contributed by atoms with Crippen LogP contribution in [-0.4, -0.2) is 23.8 Å². The van der Waals surface area contributed by atoms with E-state index >= 15 is 0 Å². The third-order valence-corrected chi connectivity index (χ3v) is 2.41. The highest BCUT2D eigenvalue weighted by Gasteiger charge is 2.06. The SMILES string of the molecule is CCC(O)CCNC(=O)Nc1ccc(F)c(F)c1. The zero-order chi connectivity index (χ0) is 13.5. The maximum Gasteiger partial charge on any atom is 0.319 e. The van der Waals surface area contributed by atoms with Crippen LogP contribution >= 0.6 is 0 Å². The number of carbonyl (C=O) groups is 1. The molecule has 0 aliphatic carbocycles. The van der Waals surface area contributed by atoms with Gasteiger partial charge in [0, 0.05) is 18.3 Å². The molecule has 0 aliphatic heterocycles. The van der Waals surface area contributed by atoms with Gasteiger partial charge >= 0.3 is 6.03 Å². The highest BCUT2D eigenvalue weighted by Crippen LogP contribution is 2.12. The fraction of sp³-hybridized carbons (Fsp3) is 0.417. The Morgan fingerprint density at radius 2 is 2.11 bits per heavy atom. The quantitative estimate of drug-likeness (QED) is 0.758. The van der Waals surface area contributed by atoms with Gasteiger partial charge in [0.2, 0.25) is 0 Å². The van der Waals surface area contributed by atoms with Crippen LogP contribution in [0.5, 0.6) is 0 Å². The van der Waals surface area contributed by atoms with Crippen molar-refractivity contribution in [1.82, 2.24) is 5.32 Å². The van der Waals surface area contributed by atoms with E-state index in [0.717, 1.165) is 12.1 Å². The summed E-state index contributed by atoms with van der Waals surface area (Å²) in [6, 6.07) is 2.57. The van der Waals surface area contributed by atoms with Gasteiger partial charge in [-0.05, 0) is 25.0 Å². The first-order chi connectivity index (χ1) is 8.52. The number of urea groups is 1. The summed E-state index contributed by atoms with van der Waals surface area (Å²) in [5.41, 5.74) is 0.169. The molecule has 1 aromatic carbocycles. The number of carbonyl (C=O) groups excluding carboxylic acids is 1. The van der Waals surface area contributed by atoms with E-state index in [-0.39, 0.29) is 5.69 Å². The van der Waals surface area contributed by atoms with Crippen molar-refractivity contribution in [3.63, 3.8) is 0 Å². The molecular formula is C12H16F2N2O2. The topological polar surface area (TPSA) is 61.4 Å². The predicted octanol–water partition coefficient (Wildman–Crippen LogP) is 2.25. The lowest BCUT2D eigenvalue weighted by atomic mass is 10.2. The molecule has 2 amide bonds. The highest BCUT2D eigenvalue weighted by molar-refractivity contribution is 5.89. The van der Waals surface area contributed by atoms with Crippen LogP contribution in [-0.2, 0) is 0 Å². The molecule has 0 bridgehead atoms. The van der Waals surface area contributed by atoms with Crippen molar-refractivity contribution in [2.24, 2.45) is 0 Å². The summed E-state index contributed by atoms with van der Waals surface area (Å²) in [5, 5.41) is 14.1. The minimum absolute atomic E-state index is 0.169. The Kier molecular flexibility index (Phi) is 5.51. The molecule has 18 heavy (non-hydrogen) atoms. The van der Waals surface area contributed by atoms with E-state index in [9.17, 15) is 18.7 Å². The number of hydrogen-bond acceptors (Lipinski definition) is 2. The van der Waals surface area contributed by atoms with E-state index in [0.29, 0.717) is 19.4 Å². The van der Waals surface area contributed by atoms with Crippen molar-refractivity contribution in [1.29, 1.82) is 0 Å². The summed E-state index contributed by atoms with van der Waals surface area (Å²) in [7, 11) is 0. The van der Waals surface area contributed by atoms with Crippen molar-refractivity contribution in [2.75, 3.05) is 11.9 Å². The van der Waals surface area contributed by atoms with Gasteiger partial charge in [0.15, 0.2) is 11.6 Å². The number of rotatable bonds is 5. The molecule has 0 saturated heterocycles. The molecule has 1 rings (SSSR count). The Hall–Kier alpha value is -1.69. The van der Waals surface area contributed by atoms with Gasteiger partial charge in [0.05, 0.1) is 6.10 Å². The van der Waals surface area contributed by atoms with Crippen LogP contribution in [0.1, 0.15) is 19.8 Å². The molecule has 0 saturated carbocycles. The number of hydrogen-bond donors (Lipinski definition) is 3. The molecule has 0 fully saturated rings. The first kappa shape index (κ1) is 14.4. The maximum absolute atomic E-state index is 12.9. The summed E-state index contributed by atoms with van der Waals surface area (Å²) in [5.74, 6) is -1.98. The van der Waals surface area contributed by atoms with Crippen LogP contribution in [0.3, 0.4) is 0 Å². The Bertz CT molecular complexity index is 413. The highest BCUT2D eigenvalue weighted by atomic mass is 19.2. The number of halogens is 2. The zero-order valence-corrected chi connectivity index (χ0v) is 10.0. The minimum atomic E-state index is -1.02. The van der Waals surface area contributed by atoms with E-state index < -0.39 is 23.8 Å². The van der Waals surface area contributed by atoms with E-state index in [1.54, 1.807) is 0 Å². The molecule has 3 N–H and O–H groups in total. The largest absolute Gasteiger partial charge is 0.393 e. The smallest absolute Gasteiger partial charge is 0.319 e. The zero-order valence-electron chi connectivity index (χ0n) is 10.0. The fourth-order valence-electron chi connectivity index (χ4n) is 1.31. The molecule has 0 radical (unpaired) electrons. The lowest BCUT2D eigenvalue weighted by Gasteiger charge is -2.10. The van der Waals surface area contributed by atoms with E-state index in [2.05, 4.69) is 10.6 Å². The van der Waals surface area contributed by atoms with Gasteiger partial charge in [-0.1, -0.05) is 6.92 Å². The third kappa shape index (κ3) is 4.67. The molecule has 0 aliphatic rings. The number of benzene rings is 1. The molecule has 1 aromatic rings. The van der Waals surface area contributed by atoms with Gasteiger partial charge in [0.1, 0.15) is 0 Å². The number of anilines is 1. The van der Waals surface area contributed by atoms with Gasteiger partial charge in [-0.3, -0.25) is 0 Å². The van der Waals surface area contributed by atoms with Gasteiger partial charge in [0.25, 0.3) is 0 Å². The second-order valence-corrected chi connectivity index (χ2v) is 3.86.